The third-order valence-corrected chi connectivity index (χ3v) is 2.80. The van der Waals surface area contributed by atoms with Gasteiger partial charge in [0, 0.05) is 38.3 Å². The summed E-state index contributed by atoms with van der Waals surface area (Å²) in [4.78, 5) is 21.4. The van der Waals surface area contributed by atoms with Crippen molar-refractivity contribution in [1.82, 2.24) is 14.9 Å². The summed E-state index contributed by atoms with van der Waals surface area (Å²) in [6.07, 6.45) is 3.02. The van der Waals surface area contributed by atoms with Crippen molar-refractivity contribution in [3.8, 4) is 5.88 Å². The maximum Gasteiger partial charge on any atom is 0.226 e. The molecular weight excluding hydrogens is 220 g/mol. The Morgan fingerprint density at radius 3 is 3.12 bits per heavy atom. The van der Waals surface area contributed by atoms with E-state index in [9.17, 15) is 4.79 Å². The van der Waals surface area contributed by atoms with Gasteiger partial charge in [-0.1, -0.05) is 0 Å². The zero-order valence-electron chi connectivity index (χ0n) is 10.0. The number of hydrogen-bond donors (Lipinski definition) is 1. The molecule has 1 amide bonds. The number of carbonyl (C=O) groups excluding carboxylic acids is 1. The van der Waals surface area contributed by atoms with Crippen LogP contribution in [0.25, 0.3) is 0 Å². The molecule has 17 heavy (non-hydrogen) atoms. The molecule has 0 spiro atoms. The number of nitrogens with one attached hydrogen (secondary N) is 1. The second-order valence-electron chi connectivity index (χ2n) is 4.08. The van der Waals surface area contributed by atoms with E-state index in [4.69, 9.17) is 4.74 Å². The molecule has 1 fully saturated rings. The number of likely N-dealkylation sites (tertiary alicyclic amines) is 1. The molecule has 1 aliphatic rings. The summed E-state index contributed by atoms with van der Waals surface area (Å²) >= 11 is 0. The Hall–Kier alpha value is -1.85. The molecule has 1 aromatic heterocycles. The summed E-state index contributed by atoms with van der Waals surface area (Å²) in [6.45, 7) is 0.680. The van der Waals surface area contributed by atoms with Gasteiger partial charge >= 0.3 is 0 Å². The van der Waals surface area contributed by atoms with E-state index >= 15 is 0 Å². The van der Waals surface area contributed by atoms with E-state index in [1.165, 1.54) is 0 Å². The lowest BCUT2D eigenvalue weighted by molar-refractivity contribution is -0.132. The van der Waals surface area contributed by atoms with Gasteiger partial charge in [-0.15, -0.1) is 0 Å². The molecule has 1 N–H and O–H groups in total. The monoisotopic (exact) mass is 236 g/mol. The Labute approximate surface area is 100 Å². The van der Waals surface area contributed by atoms with E-state index in [1.54, 1.807) is 24.3 Å². The molecule has 2 rings (SSSR count). The van der Waals surface area contributed by atoms with E-state index in [0.29, 0.717) is 24.8 Å². The van der Waals surface area contributed by atoms with Crippen LogP contribution in [0.5, 0.6) is 5.88 Å². The molecule has 6 nitrogen and oxygen atoms in total. The first-order valence-electron chi connectivity index (χ1n) is 5.56. The smallest absolute Gasteiger partial charge is 0.226 e. The van der Waals surface area contributed by atoms with Crippen LogP contribution in [0.2, 0.25) is 0 Å². The average molecular weight is 236 g/mol. The molecule has 1 unspecified atom stereocenters. The Balaban J connectivity index is 1.98. The van der Waals surface area contributed by atoms with Gasteiger partial charge in [0.05, 0.1) is 7.11 Å². The van der Waals surface area contributed by atoms with Gasteiger partial charge in [0.2, 0.25) is 17.7 Å². The highest BCUT2D eigenvalue weighted by Gasteiger charge is 2.23. The van der Waals surface area contributed by atoms with Gasteiger partial charge < -0.3 is 15.0 Å². The first-order valence-corrected chi connectivity index (χ1v) is 5.56. The molecule has 0 saturated carbocycles. The fourth-order valence-corrected chi connectivity index (χ4v) is 1.84. The Bertz CT molecular complexity index is 410. The molecule has 1 atom stereocenters. The second kappa shape index (κ2) is 4.99. The van der Waals surface area contributed by atoms with Crippen LogP contribution in [-0.2, 0) is 4.79 Å². The third kappa shape index (κ3) is 2.83. The van der Waals surface area contributed by atoms with Gasteiger partial charge in [-0.25, -0.2) is 4.98 Å². The topological polar surface area (TPSA) is 67.3 Å². The molecule has 0 radical (unpaired) electrons. The standard InChI is InChI=1S/C11H16N4O2/c1-15-7-8(3-4-10(15)16)13-11-12-6-5-9(14-11)17-2/h5-6,8H,3-4,7H2,1-2H3,(H,12,13,14). The highest BCUT2D eigenvalue weighted by Crippen LogP contribution is 2.14. The van der Waals surface area contributed by atoms with Crippen LogP contribution >= 0.6 is 0 Å². The largest absolute Gasteiger partial charge is 0.481 e. The van der Waals surface area contributed by atoms with E-state index in [2.05, 4.69) is 15.3 Å². The zero-order chi connectivity index (χ0) is 12.3. The molecule has 1 aliphatic heterocycles. The number of amides is 1. The lowest BCUT2D eigenvalue weighted by atomic mass is 10.1. The summed E-state index contributed by atoms with van der Waals surface area (Å²) < 4.78 is 5.03. The van der Waals surface area contributed by atoms with E-state index in [0.717, 1.165) is 6.42 Å². The molecule has 92 valence electrons. The minimum atomic E-state index is 0.189. The number of nitrogens with zero attached hydrogens (tertiary/aromatic N) is 3. The molecule has 2 heterocycles. The number of likely N-dealkylation sites (N-methyl/N-ethyl adjacent to an activating group) is 1. The highest BCUT2D eigenvalue weighted by molar-refractivity contribution is 5.76. The Kier molecular flexibility index (Phi) is 3.41. The van der Waals surface area contributed by atoms with Crippen molar-refractivity contribution in [3.05, 3.63) is 12.3 Å². The molecule has 0 aliphatic carbocycles. The number of piperidine rings is 1. The predicted molar refractivity (Wildman–Crippen MR) is 62.9 cm³/mol. The van der Waals surface area contributed by atoms with E-state index in [-0.39, 0.29) is 11.9 Å². The Morgan fingerprint density at radius 1 is 1.59 bits per heavy atom. The van der Waals surface area contributed by atoms with Gasteiger partial charge in [0.25, 0.3) is 0 Å². The van der Waals surface area contributed by atoms with Crippen LogP contribution in [0.15, 0.2) is 12.3 Å². The van der Waals surface area contributed by atoms with Crippen molar-refractivity contribution >= 4 is 11.9 Å². The minimum Gasteiger partial charge on any atom is -0.481 e. The van der Waals surface area contributed by atoms with Crippen LogP contribution in [0.1, 0.15) is 12.8 Å². The lowest BCUT2D eigenvalue weighted by Gasteiger charge is -2.30. The van der Waals surface area contributed by atoms with Gasteiger partial charge in [0.1, 0.15) is 0 Å². The summed E-state index contributed by atoms with van der Waals surface area (Å²) in [5.41, 5.74) is 0. The van der Waals surface area contributed by atoms with E-state index in [1.807, 2.05) is 7.05 Å². The number of rotatable bonds is 3. The van der Waals surface area contributed by atoms with Crippen LogP contribution < -0.4 is 10.1 Å². The number of aromatic nitrogens is 2. The number of hydrogen-bond acceptors (Lipinski definition) is 5. The van der Waals surface area contributed by atoms with Gasteiger partial charge in [-0.2, -0.15) is 4.98 Å². The van der Waals surface area contributed by atoms with Crippen molar-refractivity contribution in [2.75, 3.05) is 26.0 Å². The molecule has 1 aromatic rings. The van der Waals surface area contributed by atoms with Crippen molar-refractivity contribution < 1.29 is 9.53 Å². The first kappa shape index (κ1) is 11.6. The van der Waals surface area contributed by atoms with Crippen molar-refractivity contribution in [1.29, 1.82) is 0 Å². The van der Waals surface area contributed by atoms with Crippen LogP contribution in [0, 0.1) is 0 Å². The average Bonchev–Trinajstić information content (AvgIpc) is 2.34. The van der Waals surface area contributed by atoms with E-state index < -0.39 is 0 Å². The summed E-state index contributed by atoms with van der Waals surface area (Å²) in [5.74, 6) is 1.26. The lowest BCUT2D eigenvalue weighted by Crippen LogP contribution is -2.43. The quantitative estimate of drug-likeness (QED) is 0.828. The number of methoxy groups -OCH3 is 1. The zero-order valence-corrected chi connectivity index (χ0v) is 10.0. The van der Waals surface area contributed by atoms with Crippen LogP contribution in [0.3, 0.4) is 0 Å². The molecule has 0 aromatic carbocycles. The van der Waals surface area contributed by atoms with Gasteiger partial charge in [0.15, 0.2) is 0 Å². The summed E-state index contributed by atoms with van der Waals surface area (Å²) in [7, 11) is 3.38. The highest BCUT2D eigenvalue weighted by atomic mass is 16.5. The molecule has 1 saturated heterocycles. The van der Waals surface area contributed by atoms with Crippen LogP contribution in [0.4, 0.5) is 5.95 Å². The summed E-state index contributed by atoms with van der Waals surface area (Å²) in [5, 5.41) is 3.21. The third-order valence-electron chi connectivity index (χ3n) is 2.80. The maximum absolute atomic E-state index is 11.3. The predicted octanol–water partition coefficient (Wildman–Crippen LogP) is 0.518. The van der Waals surface area contributed by atoms with Crippen molar-refractivity contribution in [2.24, 2.45) is 0 Å². The maximum atomic E-state index is 11.3. The van der Waals surface area contributed by atoms with Crippen molar-refractivity contribution in [2.45, 2.75) is 18.9 Å². The molecule has 6 heteroatoms. The van der Waals surface area contributed by atoms with Gasteiger partial charge in [-0.05, 0) is 6.42 Å². The molecular formula is C11H16N4O2. The number of ether oxygens (including phenoxy) is 1. The van der Waals surface area contributed by atoms with Gasteiger partial charge in [-0.3, -0.25) is 4.79 Å². The molecule has 0 bridgehead atoms. The number of carbonyl (C=O) groups is 1. The first-order chi connectivity index (χ1) is 8.19. The number of anilines is 1. The minimum absolute atomic E-state index is 0.189. The summed E-state index contributed by atoms with van der Waals surface area (Å²) in [6, 6.07) is 1.90. The van der Waals surface area contributed by atoms with Crippen molar-refractivity contribution in [3.63, 3.8) is 0 Å². The SMILES string of the molecule is COc1ccnc(NC2CCC(=O)N(C)C2)n1. The Morgan fingerprint density at radius 2 is 2.41 bits per heavy atom. The normalized spacial score (nSPS) is 20.2. The second-order valence-corrected chi connectivity index (χ2v) is 4.08. The fourth-order valence-electron chi connectivity index (χ4n) is 1.84. The fraction of sp³-hybridized carbons (Fsp3) is 0.545. The van der Waals surface area contributed by atoms with Crippen LogP contribution in [-0.4, -0.2) is 47.5 Å².